The first kappa shape index (κ1) is 27.0. The van der Waals surface area contributed by atoms with Crippen molar-refractivity contribution in [3.05, 3.63) is 106 Å². The molecule has 0 atom stereocenters. The van der Waals surface area contributed by atoms with Crippen LogP contribution in [0.5, 0.6) is 11.5 Å². The van der Waals surface area contributed by atoms with Crippen molar-refractivity contribution in [2.24, 2.45) is 0 Å². The maximum atomic E-state index is 13.4. The fourth-order valence-corrected chi connectivity index (χ4v) is 5.05. The van der Waals surface area contributed by atoms with E-state index in [9.17, 15) is 14.4 Å². The monoisotopic (exact) mass is 554 g/mol. The number of benzene rings is 4. The van der Waals surface area contributed by atoms with Crippen molar-refractivity contribution in [2.45, 2.75) is 27.4 Å². The molecule has 0 radical (unpaired) electrons. The molecule has 202 valence electrons. The molecule has 4 aromatic rings. The molecule has 5 rings (SSSR count). The van der Waals surface area contributed by atoms with E-state index in [0.717, 1.165) is 32.4 Å². The second kappa shape index (κ2) is 11.2. The first-order chi connectivity index (χ1) is 19.2. The molecule has 0 aromatic heterocycles. The first-order valence-electron chi connectivity index (χ1n) is 12.8. The molecule has 0 spiro atoms. The molecule has 8 heteroatoms. The Kier molecular flexibility index (Phi) is 7.58. The van der Waals surface area contributed by atoms with Crippen LogP contribution in [0.1, 0.15) is 29.2 Å². The molecular formula is C32H27ClN2O5. The number of nitrogens with zero attached hydrogens (tertiary/aromatic N) is 1. The van der Waals surface area contributed by atoms with Gasteiger partial charge in [-0.15, -0.1) is 0 Å². The Hall–Kier alpha value is -4.62. The normalized spacial score (nSPS) is 14.6. The summed E-state index contributed by atoms with van der Waals surface area (Å²) in [6.45, 7) is 6.17. The van der Waals surface area contributed by atoms with Crippen LogP contribution < -0.4 is 19.7 Å². The number of imide groups is 2. The van der Waals surface area contributed by atoms with Gasteiger partial charge in [-0.25, -0.2) is 9.69 Å². The van der Waals surface area contributed by atoms with Crippen molar-refractivity contribution in [1.29, 1.82) is 0 Å². The van der Waals surface area contributed by atoms with Crippen LogP contribution in [0.25, 0.3) is 16.8 Å². The van der Waals surface area contributed by atoms with Crippen molar-refractivity contribution >= 4 is 52.0 Å². The van der Waals surface area contributed by atoms with Crippen LogP contribution in [0.3, 0.4) is 0 Å². The number of carbonyl (C=O) groups is 3. The Morgan fingerprint density at radius 1 is 0.900 bits per heavy atom. The predicted molar refractivity (Wildman–Crippen MR) is 156 cm³/mol. The number of fused-ring (bicyclic) bond motifs is 1. The van der Waals surface area contributed by atoms with Gasteiger partial charge in [0.05, 0.1) is 17.3 Å². The van der Waals surface area contributed by atoms with Gasteiger partial charge in [0.2, 0.25) is 0 Å². The third-order valence-electron chi connectivity index (χ3n) is 6.46. The summed E-state index contributed by atoms with van der Waals surface area (Å²) in [6.07, 6.45) is 1.39. The molecule has 0 unspecified atom stereocenters. The Morgan fingerprint density at radius 3 is 2.38 bits per heavy atom. The molecule has 4 aromatic carbocycles. The van der Waals surface area contributed by atoms with Gasteiger partial charge in [-0.1, -0.05) is 60.1 Å². The van der Waals surface area contributed by atoms with Gasteiger partial charge in [0, 0.05) is 0 Å². The van der Waals surface area contributed by atoms with Gasteiger partial charge in [-0.05, 0) is 84.1 Å². The lowest BCUT2D eigenvalue weighted by atomic mass is 10.0. The number of hydrogen-bond donors (Lipinski definition) is 1. The Labute approximate surface area is 237 Å². The topological polar surface area (TPSA) is 84.9 Å². The first-order valence-corrected chi connectivity index (χ1v) is 13.2. The third kappa shape index (κ3) is 5.42. The molecule has 1 heterocycles. The summed E-state index contributed by atoms with van der Waals surface area (Å²) in [7, 11) is 0. The molecule has 4 amide bonds. The second-order valence-corrected chi connectivity index (χ2v) is 9.90. The number of aryl methyl sites for hydroxylation is 2. The second-order valence-electron chi connectivity index (χ2n) is 9.49. The summed E-state index contributed by atoms with van der Waals surface area (Å²) in [5.74, 6) is -0.803. The highest BCUT2D eigenvalue weighted by Gasteiger charge is 2.37. The van der Waals surface area contributed by atoms with Crippen molar-refractivity contribution in [3.63, 3.8) is 0 Å². The number of hydrogen-bond acceptors (Lipinski definition) is 5. The maximum absolute atomic E-state index is 13.4. The minimum atomic E-state index is -0.803. The van der Waals surface area contributed by atoms with E-state index in [1.54, 1.807) is 24.3 Å². The summed E-state index contributed by atoms with van der Waals surface area (Å²) in [6, 6.07) is 21.8. The fourth-order valence-electron chi connectivity index (χ4n) is 4.78. The van der Waals surface area contributed by atoms with Crippen LogP contribution in [-0.4, -0.2) is 24.5 Å². The van der Waals surface area contributed by atoms with E-state index in [1.807, 2.05) is 69.3 Å². The number of barbiturate groups is 1. The quantitative estimate of drug-likeness (QED) is 0.202. The molecule has 1 aliphatic rings. The molecule has 1 N–H and O–H groups in total. The number of nitrogens with one attached hydrogen (secondary N) is 1. The molecule has 1 aliphatic heterocycles. The molecule has 0 saturated carbocycles. The molecular weight excluding hydrogens is 528 g/mol. The molecule has 40 heavy (non-hydrogen) atoms. The highest BCUT2D eigenvalue weighted by molar-refractivity contribution is 6.39. The summed E-state index contributed by atoms with van der Waals surface area (Å²) >= 11 is 6.64. The van der Waals surface area contributed by atoms with E-state index in [0.29, 0.717) is 29.4 Å². The van der Waals surface area contributed by atoms with Gasteiger partial charge in [0.25, 0.3) is 11.8 Å². The minimum absolute atomic E-state index is 0.207. The van der Waals surface area contributed by atoms with E-state index in [-0.39, 0.29) is 17.2 Å². The van der Waals surface area contributed by atoms with Crippen LogP contribution >= 0.6 is 11.6 Å². The van der Waals surface area contributed by atoms with Crippen LogP contribution in [0.2, 0.25) is 5.02 Å². The summed E-state index contributed by atoms with van der Waals surface area (Å²) < 4.78 is 12.0. The number of halogens is 1. The molecule has 0 aliphatic carbocycles. The lowest BCUT2D eigenvalue weighted by molar-refractivity contribution is -0.122. The zero-order valence-corrected chi connectivity index (χ0v) is 23.0. The predicted octanol–water partition coefficient (Wildman–Crippen LogP) is 6.75. The molecule has 7 nitrogen and oxygen atoms in total. The SMILES string of the molecule is CCOc1cc(/C=C2\C(=O)NC(=O)N(c3cc(C)cc(C)c3)C2=O)cc(Cl)c1OCc1cccc2ccccc12. The highest BCUT2D eigenvalue weighted by atomic mass is 35.5. The zero-order chi connectivity index (χ0) is 28.4. The van der Waals surface area contributed by atoms with Crippen LogP contribution in [0.4, 0.5) is 10.5 Å². The number of amides is 4. The van der Waals surface area contributed by atoms with Gasteiger partial charge in [0.15, 0.2) is 11.5 Å². The maximum Gasteiger partial charge on any atom is 0.335 e. The van der Waals surface area contributed by atoms with Gasteiger partial charge in [0.1, 0.15) is 12.2 Å². The van der Waals surface area contributed by atoms with Gasteiger partial charge in [-0.2, -0.15) is 0 Å². The average molecular weight is 555 g/mol. The largest absolute Gasteiger partial charge is 0.490 e. The smallest absolute Gasteiger partial charge is 0.335 e. The van der Waals surface area contributed by atoms with E-state index in [2.05, 4.69) is 5.32 Å². The standard InChI is InChI=1S/C32H27ClN2O5/c1-4-39-28-17-21(16-27(33)29(28)40-18-23-10-7-9-22-8-5-6-11-25(22)23)15-26-30(36)34-32(38)35(31(26)37)24-13-19(2)12-20(3)14-24/h5-17H,4,18H2,1-3H3,(H,34,36,38)/b26-15+. The molecule has 0 bridgehead atoms. The number of rotatable bonds is 7. The van der Waals surface area contributed by atoms with Crippen molar-refractivity contribution in [3.8, 4) is 11.5 Å². The Bertz CT molecular complexity index is 1670. The van der Waals surface area contributed by atoms with Gasteiger partial charge >= 0.3 is 6.03 Å². The summed E-state index contributed by atoms with van der Waals surface area (Å²) in [5.41, 5.74) is 3.36. The van der Waals surface area contributed by atoms with E-state index in [4.69, 9.17) is 21.1 Å². The van der Waals surface area contributed by atoms with Gasteiger partial charge < -0.3 is 9.47 Å². The fraction of sp³-hybridized carbons (Fsp3) is 0.156. The van der Waals surface area contributed by atoms with Crippen molar-refractivity contribution < 1.29 is 23.9 Å². The Morgan fingerprint density at radius 2 is 1.62 bits per heavy atom. The van der Waals surface area contributed by atoms with E-state index in [1.165, 1.54) is 6.08 Å². The van der Waals surface area contributed by atoms with Crippen LogP contribution in [-0.2, 0) is 16.2 Å². The highest BCUT2D eigenvalue weighted by Crippen LogP contribution is 2.38. The lowest BCUT2D eigenvalue weighted by Gasteiger charge is -2.27. The molecule has 1 saturated heterocycles. The average Bonchev–Trinajstić information content (AvgIpc) is 2.90. The number of carbonyl (C=O) groups excluding carboxylic acids is 3. The van der Waals surface area contributed by atoms with Crippen molar-refractivity contribution in [2.75, 3.05) is 11.5 Å². The molecule has 1 fully saturated rings. The van der Waals surface area contributed by atoms with E-state index >= 15 is 0 Å². The number of ether oxygens (including phenoxy) is 2. The van der Waals surface area contributed by atoms with Crippen molar-refractivity contribution in [1.82, 2.24) is 5.32 Å². The van der Waals surface area contributed by atoms with Crippen LogP contribution in [0, 0.1) is 13.8 Å². The lowest BCUT2D eigenvalue weighted by Crippen LogP contribution is -2.54. The third-order valence-corrected chi connectivity index (χ3v) is 6.74. The van der Waals surface area contributed by atoms with Gasteiger partial charge in [-0.3, -0.25) is 14.9 Å². The van der Waals surface area contributed by atoms with E-state index < -0.39 is 17.8 Å². The van der Waals surface area contributed by atoms with Crippen LogP contribution in [0.15, 0.2) is 78.4 Å². The minimum Gasteiger partial charge on any atom is -0.490 e. The zero-order valence-electron chi connectivity index (χ0n) is 22.3. The number of urea groups is 1. The number of anilines is 1. The summed E-state index contributed by atoms with van der Waals surface area (Å²) in [5, 5.41) is 4.69. The summed E-state index contributed by atoms with van der Waals surface area (Å²) in [4.78, 5) is 39.7. The Balaban J connectivity index is 1.47.